The maximum atomic E-state index is 11.3. The number of halogens is 1. The Morgan fingerprint density at radius 2 is 2.42 bits per heavy atom. The van der Waals surface area contributed by atoms with Crippen molar-refractivity contribution in [1.29, 1.82) is 0 Å². The second-order valence-electron chi connectivity index (χ2n) is 2.32. The van der Waals surface area contributed by atoms with Gasteiger partial charge in [-0.3, -0.25) is 4.79 Å². The SMILES string of the molecule is O=c1[nH]cc(Br)c2cnn(P)c12. The highest BCUT2D eigenvalue weighted by molar-refractivity contribution is 9.10. The number of rotatable bonds is 0. The lowest BCUT2D eigenvalue weighted by atomic mass is 10.3. The van der Waals surface area contributed by atoms with Crippen LogP contribution in [0.25, 0.3) is 10.9 Å². The topological polar surface area (TPSA) is 50.7 Å². The van der Waals surface area contributed by atoms with Gasteiger partial charge in [0.2, 0.25) is 0 Å². The van der Waals surface area contributed by atoms with Gasteiger partial charge in [-0.05, 0) is 25.3 Å². The quantitative estimate of drug-likeness (QED) is 0.708. The molecule has 1 atom stereocenters. The fourth-order valence-corrected chi connectivity index (χ4v) is 1.77. The molecule has 0 saturated carbocycles. The van der Waals surface area contributed by atoms with E-state index < -0.39 is 0 Å². The highest BCUT2D eigenvalue weighted by Crippen LogP contribution is 2.20. The first-order chi connectivity index (χ1) is 5.70. The van der Waals surface area contributed by atoms with E-state index in [1.54, 1.807) is 12.4 Å². The van der Waals surface area contributed by atoms with Crippen LogP contribution in [-0.4, -0.2) is 14.5 Å². The molecule has 0 amide bonds. The summed E-state index contributed by atoms with van der Waals surface area (Å²) in [5, 5.41) is 4.76. The molecule has 2 rings (SSSR count). The first-order valence-corrected chi connectivity index (χ1v) is 4.51. The van der Waals surface area contributed by atoms with E-state index in [9.17, 15) is 4.79 Å². The standard InChI is InChI=1S/C6H5BrN3OP/c7-4-2-8-6(11)5-3(4)1-9-10(5)12/h1-2H,12H2,(H,8,11). The van der Waals surface area contributed by atoms with Gasteiger partial charge in [0.05, 0.1) is 6.20 Å². The second-order valence-corrected chi connectivity index (χ2v) is 3.66. The average molecular weight is 246 g/mol. The van der Waals surface area contributed by atoms with E-state index in [1.807, 2.05) is 0 Å². The van der Waals surface area contributed by atoms with Gasteiger partial charge in [-0.1, -0.05) is 0 Å². The summed E-state index contributed by atoms with van der Waals surface area (Å²) in [6.07, 6.45) is 3.25. The monoisotopic (exact) mass is 245 g/mol. The fraction of sp³-hybridized carbons (Fsp3) is 0. The molecule has 62 valence electrons. The molecule has 0 spiro atoms. The molecule has 6 heteroatoms. The molecule has 0 saturated heterocycles. The minimum Gasteiger partial charge on any atom is -0.326 e. The molecule has 1 N–H and O–H groups in total. The molecule has 0 radical (unpaired) electrons. The molecule has 0 aliphatic carbocycles. The summed E-state index contributed by atoms with van der Waals surface area (Å²) in [6.45, 7) is 0. The van der Waals surface area contributed by atoms with E-state index in [0.717, 1.165) is 9.86 Å². The predicted octanol–water partition coefficient (Wildman–Crippen LogP) is 1.13. The lowest BCUT2D eigenvalue weighted by molar-refractivity contribution is 1.03. The summed E-state index contributed by atoms with van der Waals surface area (Å²) in [7, 11) is 2.35. The minimum atomic E-state index is -0.138. The number of hydrogen-bond donors (Lipinski definition) is 1. The summed E-state index contributed by atoms with van der Waals surface area (Å²) in [5.74, 6) is 0. The molecule has 2 aromatic rings. The van der Waals surface area contributed by atoms with Crippen LogP contribution < -0.4 is 5.56 Å². The summed E-state index contributed by atoms with van der Waals surface area (Å²) in [6, 6.07) is 0. The molecular formula is C6H5BrN3OP. The van der Waals surface area contributed by atoms with Gasteiger partial charge in [-0.2, -0.15) is 5.10 Å². The third kappa shape index (κ3) is 1.01. The maximum absolute atomic E-state index is 11.3. The summed E-state index contributed by atoms with van der Waals surface area (Å²) in [4.78, 5) is 13.9. The fourth-order valence-electron chi connectivity index (χ4n) is 1.04. The maximum Gasteiger partial charge on any atom is 0.274 e. The Morgan fingerprint density at radius 1 is 1.67 bits per heavy atom. The van der Waals surface area contributed by atoms with E-state index in [1.165, 1.54) is 4.45 Å². The van der Waals surface area contributed by atoms with E-state index >= 15 is 0 Å². The van der Waals surface area contributed by atoms with Crippen molar-refractivity contribution in [2.45, 2.75) is 0 Å². The summed E-state index contributed by atoms with van der Waals surface area (Å²) < 4.78 is 2.31. The average Bonchev–Trinajstić information content (AvgIpc) is 2.42. The highest BCUT2D eigenvalue weighted by Gasteiger charge is 2.06. The van der Waals surface area contributed by atoms with Gasteiger partial charge in [0.1, 0.15) is 5.52 Å². The van der Waals surface area contributed by atoms with Gasteiger partial charge in [0, 0.05) is 16.1 Å². The zero-order valence-corrected chi connectivity index (χ0v) is 8.65. The number of H-pyrrole nitrogens is 1. The number of aromatic nitrogens is 3. The molecule has 2 aromatic heterocycles. The molecule has 2 heterocycles. The Balaban J connectivity index is 3.09. The minimum absolute atomic E-state index is 0.138. The molecule has 1 unspecified atom stereocenters. The van der Waals surface area contributed by atoms with Crippen LogP contribution in [-0.2, 0) is 0 Å². The third-order valence-electron chi connectivity index (χ3n) is 1.60. The van der Waals surface area contributed by atoms with Gasteiger partial charge < -0.3 is 4.98 Å². The Kier molecular flexibility index (Phi) is 1.77. The molecule has 0 aliphatic heterocycles. The van der Waals surface area contributed by atoms with Crippen molar-refractivity contribution in [3.63, 3.8) is 0 Å². The van der Waals surface area contributed by atoms with Crippen molar-refractivity contribution in [2.24, 2.45) is 0 Å². The number of pyridine rings is 1. The zero-order chi connectivity index (χ0) is 8.72. The van der Waals surface area contributed by atoms with Crippen molar-refractivity contribution in [2.75, 3.05) is 0 Å². The van der Waals surface area contributed by atoms with Crippen LogP contribution in [0.2, 0.25) is 0 Å². The van der Waals surface area contributed by atoms with Gasteiger partial charge >= 0.3 is 0 Å². The van der Waals surface area contributed by atoms with Crippen molar-refractivity contribution < 1.29 is 0 Å². The van der Waals surface area contributed by atoms with Crippen molar-refractivity contribution in [1.82, 2.24) is 14.5 Å². The van der Waals surface area contributed by atoms with Crippen LogP contribution in [0, 0.1) is 0 Å². The van der Waals surface area contributed by atoms with Gasteiger partial charge in [0.25, 0.3) is 5.56 Å². The molecule has 4 nitrogen and oxygen atoms in total. The van der Waals surface area contributed by atoms with Crippen LogP contribution in [0.3, 0.4) is 0 Å². The van der Waals surface area contributed by atoms with Crippen molar-refractivity contribution in [3.05, 3.63) is 27.2 Å². The lowest BCUT2D eigenvalue weighted by Gasteiger charge is -1.93. The van der Waals surface area contributed by atoms with E-state index in [4.69, 9.17) is 0 Å². The van der Waals surface area contributed by atoms with E-state index in [2.05, 4.69) is 35.4 Å². The number of aromatic amines is 1. The largest absolute Gasteiger partial charge is 0.326 e. The van der Waals surface area contributed by atoms with Crippen LogP contribution >= 0.6 is 25.3 Å². The molecule has 0 aromatic carbocycles. The van der Waals surface area contributed by atoms with Gasteiger partial charge in [0.15, 0.2) is 0 Å². The first-order valence-electron chi connectivity index (χ1n) is 3.20. The number of nitrogens with zero attached hydrogens (tertiary/aromatic N) is 2. The van der Waals surface area contributed by atoms with Crippen LogP contribution in [0.1, 0.15) is 0 Å². The van der Waals surface area contributed by atoms with E-state index in [-0.39, 0.29) is 5.56 Å². The first kappa shape index (κ1) is 7.95. The number of hydrogen-bond acceptors (Lipinski definition) is 2. The Bertz CT molecular complexity index is 489. The van der Waals surface area contributed by atoms with Crippen molar-refractivity contribution >= 4 is 36.2 Å². The molecule has 0 fully saturated rings. The highest BCUT2D eigenvalue weighted by atomic mass is 79.9. The third-order valence-corrected chi connectivity index (χ3v) is 2.65. The summed E-state index contributed by atoms with van der Waals surface area (Å²) >= 11 is 3.31. The van der Waals surface area contributed by atoms with Crippen LogP contribution in [0.4, 0.5) is 0 Å². The van der Waals surface area contributed by atoms with Crippen LogP contribution in [0.5, 0.6) is 0 Å². The Labute approximate surface area is 78.4 Å². The molecular weight excluding hydrogens is 241 g/mol. The van der Waals surface area contributed by atoms with Gasteiger partial charge in [-0.15, -0.1) is 0 Å². The van der Waals surface area contributed by atoms with Crippen LogP contribution in [0.15, 0.2) is 21.7 Å². The molecule has 0 bridgehead atoms. The zero-order valence-electron chi connectivity index (χ0n) is 5.91. The number of nitrogens with one attached hydrogen (secondary N) is 1. The summed E-state index contributed by atoms with van der Waals surface area (Å²) in [5.41, 5.74) is 0.412. The lowest BCUT2D eigenvalue weighted by Crippen LogP contribution is -2.06. The van der Waals surface area contributed by atoms with Gasteiger partial charge in [-0.25, -0.2) is 4.45 Å². The Morgan fingerprint density at radius 3 is 3.08 bits per heavy atom. The second kappa shape index (κ2) is 2.68. The normalized spacial score (nSPS) is 10.8. The number of fused-ring (bicyclic) bond motifs is 1. The smallest absolute Gasteiger partial charge is 0.274 e. The van der Waals surface area contributed by atoms with E-state index in [0.29, 0.717) is 5.52 Å². The van der Waals surface area contributed by atoms with Crippen molar-refractivity contribution in [3.8, 4) is 0 Å². The molecule has 12 heavy (non-hydrogen) atoms. The predicted molar refractivity (Wildman–Crippen MR) is 53.2 cm³/mol. The molecule has 0 aliphatic rings. The Hall–Kier alpha value is -0.670.